The van der Waals surface area contributed by atoms with Gasteiger partial charge in [0, 0.05) is 13.1 Å². The van der Waals surface area contributed by atoms with Gasteiger partial charge >= 0.3 is 0 Å². The normalized spacial score (nSPS) is 22.4. The van der Waals surface area contributed by atoms with Crippen LogP contribution in [0.25, 0.3) is 0 Å². The van der Waals surface area contributed by atoms with Gasteiger partial charge in [-0.25, -0.2) is 8.42 Å². The van der Waals surface area contributed by atoms with Gasteiger partial charge in [-0.05, 0) is 6.92 Å². The molecule has 1 amide bonds. The fourth-order valence-corrected chi connectivity index (χ4v) is 3.31. The Morgan fingerprint density at radius 1 is 1.59 bits per heavy atom. The van der Waals surface area contributed by atoms with Crippen LogP contribution >= 0.6 is 0 Å². The zero-order valence-electron chi connectivity index (χ0n) is 9.17. The Bertz CT molecular complexity index is 537. The highest BCUT2D eigenvalue weighted by Gasteiger charge is 2.37. The van der Waals surface area contributed by atoms with Gasteiger partial charge in [0.2, 0.25) is 15.9 Å². The van der Waals surface area contributed by atoms with Gasteiger partial charge in [0.1, 0.15) is 16.8 Å². The lowest BCUT2D eigenvalue weighted by atomic mass is 10.2. The first kappa shape index (κ1) is 11.9. The van der Waals surface area contributed by atoms with Crippen LogP contribution in [0.4, 0.5) is 5.82 Å². The van der Waals surface area contributed by atoms with Crippen LogP contribution in [0.3, 0.4) is 0 Å². The van der Waals surface area contributed by atoms with Crippen LogP contribution < -0.4 is 11.1 Å². The van der Waals surface area contributed by atoms with Crippen molar-refractivity contribution in [3.8, 4) is 0 Å². The summed E-state index contributed by atoms with van der Waals surface area (Å²) in [6.45, 7) is 2.04. The van der Waals surface area contributed by atoms with Gasteiger partial charge < -0.3 is 11.1 Å². The standard InChI is InChI=1S/C8H13N5O3S/c1-5-8(14)10-2-3-13(5)17(15,16)6-4-11-12-7(6)9/h4-5H,2-3H2,1H3,(H,10,14)(H3,9,11,12). The number of piperazine rings is 1. The van der Waals surface area contributed by atoms with Crippen molar-refractivity contribution in [1.29, 1.82) is 0 Å². The molecule has 1 aliphatic heterocycles. The average molecular weight is 259 g/mol. The van der Waals surface area contributed by atoms with E-state index in [1.807, 2.05) is 0 Å². The third-order valence-electron chi connectivity index (χ3n) is 2.66. The number of carbonyl (C=O) groups is 1. The smallest absolute Gasteiger partial charge is 0.249 e. The van der Waals surface area contributed by atoms with Crippen LogP contribution in [0.5, 0.6) is 0 Å². The number of sulfonamides is 1. The molecule has 0 radical (unpaired) electrons. The summed E-state index contributed by atoms with van der Waals surface area (Å²) in [5.74, 6) is -0.343. The van der Waals surface area contributed by atoms with E-state index < -0.39 is 16.1 Å². The van der Waals surface area contributed by atoms with Crippen LogP contribution in [-0.4, -0.2) is 48.0 Å². The van der Waals surface area contributed by atoms with Crippen molar-refractivity contribution in [2.45, 2.75) is 17.9 Å². The van der Waals surface area contributed by atoms with Crippen molar-refractivity contribution < 1.29 is 13.2 Å². The molecule has 2 heterocycles. The number of aromatic amines is 1. The lowest BCUT2D eigenvalue weighted by molar-refractivity contribution is -0.126. The number of H-pyrrole nitrogens is 1. The number of nitrogens with two attached hydrogens (primary N) is 1. The van der Waals surface area contributed by atoms with E-state index >= 15 is 0 Å². The van der Waals surface area contributed by atoms with Crippen LogP contribution in [-0.2, 0) is 14.8 Å². The highest BCUT2D eigenvalue weighted by atomic mass is 32.2. The number of carbonyl (C=O) groups excluding carboxylic acids is 1. The summed E-state index contributed by atoms with van der Waals surface area (Å²) in [4.78, 5) is 11.3. The van der Waals surface area contributed by atoms with E-state index in [4.69, 9.17) is 5.73 Å². The van der Waals surface area contributed by atoms with Crippen molar-refractivity contribution in [1.82, 2.24) is 19.8 Å². The molecule has 4 N–H and O–H groups in total. The Morgan fingerprint density at radius 3 is 2.88 bits per heavy atom. The Labute approximate surface area is 98.2 Å². The number of nitrogens with zero attached hydrogens (tertiary/aromatic N) is 2. The summed E-state index contributed by atoms with van der Waals surface area (Å²) >= 11 is 0. The number of rotatable bonds is 2. The molecule has 1 unspecified atom stereocenters. The molecule has 1 aromatic heterocycles. The maximum Gasteiger partial charge on any atom is 0.249 e. The molecule has 1 fully saturated rings. The van der Waals surface area contributed by atoms with Crippen molar-refractivity contribution in [2.75, 3.05) is 18.8 Å². The fourth-order valence-electron chi connectivity index (χ4n) is 1.71. The van der Waals surface area contributed by atoms with E-state index in [1.165, 1.54) is 6.92 Å². The van der Waals surface area contributed by atoms with Crippen LogP contribution in [0, 0.1) is 0 Å². The molecule has 1 aromatic rings. The van der Waals surface area contributed by atoms with Gasteiger partial charge in [-0.1, -0.05) is 0 Å². The molecule has 9 heteroatoms. The Kier molecular flexibility index (Phi) is 2.79. The quantitative estimate of drug-likeness (QED) is 0.597. The predicted molar refractivity (Wildman–Crippen MR) is 59.4 cm³/mol. The summed E-state index contributed by atoms with van der Waals surface area (Å²) in [6, 6.07) is -0.747. The molecule has 0 saturated carbocycles. The van der Waals surface area contributed by atoms with Crippen LogP contribution in [0.1, 0.15) is 6.92 Å². The minimum Gasteiger partial charge on any atom is -0.383 e. The second-order valence-electron chi connectivity index (χ2n) is 3.73. The van der Waals surface area contributed by atoms with Crippen molar-refractivity contribution in [3.63, 3.8) is 0 Å². The first-order chi connectivity index (χ1) is 7.94. The van der Waals surface area contributed by atoms with Crippen molar-refractivity contribution >= 4 is 21.7 Å². The average Bonchev–Trinajstić information content (AvgIpc) is 2.69. The third kappa shape index (κ3) is 1.87. The topological polar surface area (TPSA) is 121 Å². The first-order valence-corrected chi connectivity index (χ1v) is 6.47. The summed E-state index contributed by atoms with van der Waals surface area (Å²) < 4.78 is 25.6. The Hall–Kier alpha value is -1.61. The molecule has 0 aliphatic carbocycles. The van der Waals surface area contributed by atoms with E-state index in [-0.39, 0.29) is 23.2 Å². The maximum absolute atomic E-state index is 12.2. The summed E-state index contributed by atoms with van der Waals surface area (Å²) in [5.41, 5.74) is 5.49. The first-order valence-electron chi connectivity index (χ1n) is 5.03. The van der Waals surface area contributed by atoms with E-state index in [1.54, 1.807) is 0 Å². The molecule has 0 aromatic carbocycles. The molecule has 17 heavy (non-hydrogen) atoms. The summed E-state index contributed by atoms with van der Waals surface area (Å²) in [5, 5.41) is 8.53. The second kappa shape index (κ2) is 4.00. The molecule has 94 valence electrons. The predicted octanol–water partition coefficient (Wildman–Crippen LogP) is -1.50. The van der Waals surface area contributed by atoms with E-state index in [9.17, 15) is 13.2 Å². The highest BCUT2D eigenvalue weighted by molar-refractivity contribution is 7.89. The molecule has 8 nitrogen and oxygen atoms in total. The molecule has 0 spiro atoms. The fraction of sp³-hybridized carbons (Fsp3) is 0.500. The lowest BCUT2D eigenvalue weighted by Crippen LogP contribution is -2.55. The lowest BCUT2D eigenvalue weighted by Gasteiger charge is -2.31. The van der Waals surface area contributed by atoms with E-state index in [0.29, 0.717) is 6.54 Å². The van der Waals surface area contributed by atoms with Gasteiger partial charge in [0.05, 0.1) is 6.20 Å². The second-order valence-corrected chi connectivity index (χ2v) is 5.59. The maximum atomic E-state index is 12.2. The number of nitrogens with one attached hydrogen (secondary N) is 2. The molecular weight excluding hydrogens is 246 g/mol. The zero-order valence-corrected chi connectivity index (χ0v) is 9.99. The number of hydrogen-bond acceptors (Lipinski definition) is 5. The summed E-state index contributed by atoms with van der Waals surface area (Å²) in [7, 11) is -3.78. The molecule has 1 saturated heterocycles. The number of amides is 1. The number of nitrogen functional groups attached to an aromatic ring is 1. The van der Waals surface area contributed by atoms with Gasteiger partial charge in [-0.2, -0.15) is 9.40 Å². The summed E-state index contributed by atoms with van der Waals surface area (Å²) in [6.07, 6.45) is 1.14. The molecule has 0 bridgehead atoms. The SMILES string of the molecule is CC1C(=O)NCCN1S(=O)(=O)c1cn[nH]c1N. The molecular formula is C8H13N5O3S. The monoisotopic (exact) mass is 259 g/mol. The minimum atomic E-state index is -3.78. The van der Waals surface area contributed by atoms with Gasteiger partial charge in [-0.15, -0.1) is 0 Å². The molecule has 1 aliphatic rings. The van der Waals surface area contributed by atoms with Crippen molar-refractivity contribution in [3.05, 3.63) is 6.20 Å². The third-order valence-corrected chi connectivity index (χ3v) is 4.66. The van der Waals surface area contributed by atoms with Crippen LogP contribution in [0.15, 0.2) is 11.1 Å². The van der Waals surface area contributed by atoms with Crippen LogP contribution in [0.2, 0.25) is 0 Å². The van der Waals surface area contributed by atoms with Gasteiger partial charge in [0.25, 0.3) is 0 Å². The number of aromatic nitrogens is 2. The number of anilines is 1. The van der Waals surface area contributed by atoms with Gasteiger partial charge in [0.15, 0.2) is 0 Å². The molecule has 1 atom stereocenters. The highest BCUT2D eigenvalue weighted by Crippen LogP contribution is 2.22. The minimum absolute atomic E-state index is 0.0248. The van der Waals surface area contributed by atoms with E-state index in [2.05, 4.69) is 15.5 Å². The number of hydrogen-bond donors (Lipinski definition) is 3. The molecule has 2 rings (SSSR count). The Morgan fingerprint density at radius 2 is 2.29 bits per heavy atom. The largest absolute Gasteiger partial charge is 0.383 e. The zero-order chi connectivity index (χ0) is 12.6. The Balaban J connectivity index is 2.39. The van der Waals surface area contributed by atoms with Gasteiger partial charge in [-0.3, -0.25) is 9.89 Å². The van der Waals surface area contributed by atoms with E-state index in [0.717, 1.165) is 10.5 Å². The van der Waals surface area contributed by atoms with Crippen molar-refractivity contribution in [2.24, 2.45) is 0 Å².